The molecule has 0 spiro atoms. The van der Waals surface area contributed by atoms with Gasteiger partial charge in [0.15, 0.2) is 0 Å². The Labute approximate surface area is 99.4 Å². The molecule has 2 N–H and O–H groups in total. The van der Waals surface area contributed by atoms with Crippen LogP contribution in [0.15, 0.2) is 24.3 Å². The number of nitrogens with one attached hydrogen (secondary N) is 1. The lowest BCUT2D eigenvalue weighted by Crippen LogP contribution is -2.31. The summed E-state index contributed by atoms with van der Waals surface area (Å²) in [6.07, 6.45) is 0. The van der Waals surface area contributed by atoms with E-state index in [4.69, 9.17) is 9.84 Å². The summed E-state index contributed by atoms with van der Waals surface area (Å²) >= 11 is 0. The van der Waals surface area contributed by atoms with Gasteiger partial charge in [-0.05, 0) is 12.1 Å². The number of benzene rings is 1. The van der Waals surface area contributed by atoms with Crippen molar-refractivity contribution < 1.29 is 19.4 Å². The fourth-order valence-electron chi connectivity index (χ4n) is 1.26. The van der Waals surface area contributed by atoms with Crippen LogP contribution in [0.5, 0.6) is 5.75 Å². The fraction of sp³-hybridized carbons (Fsp3) is 0.333. The lowest BCUT2D eigenvalue weighted by atomic mass is 10.1. The van der Waals surface area contributed by atoms with E-state index in [9.17, 15) is 9.59 Å². The van der Waals surface area contributed by atoms with Gasteiger partial charge in [-0.2, -0.15) is 0 Å². The van der Waals surface area contributed by atoms with Gasteiger partial charge in [0.05, 0.1) is 18.6 Å². The molecular weight excluding hydrogens is 222 g/mol. The normalized spacial score (nSPS) is 11.6. The van der Waals surface area contributed by atoms with E-state index in [-0.39, 0.29) is 12.5 Å². The highest BCUT2D eigenvalue weighted by Crippen LogP contribution is 2.16. The lowest BCUT2D eigenvalue weighted by molar-refractivity contribution is -0.140. The number of hydrogen-bond acceptors (Lipinski definition) is 3. The molecule has 1 aromatic carbocycles. The molecule has 5 nitrogen and oxygen atoms in total. The highest BCUT2D eigenvalue weighted by molar-refractivity contribution is 5.97. The first-order valence-corrected chi connectivity index (χ1v) is 5.20. The van der Waals surface area contributed by atoms with Crippen LogP contribution in [0.3, 0.4) is 0 Å². The molecule has 0 fully saturated rings. The average Bonchev–Trinajstić information content (AvgIpc) is 2.35. The molecule has 1 atom stereocenters. The Morgan fingerprint density at radius 1 is 1.41 bits per heavy atom. The first kappa shape index (κ1) is 13.0. The first-order chi connectivity index (χ1) is 8.06. The zero-order chi connectivity index (χ0) is 12.8. The van der Waals surface area contributed by atoms with Crippen LogP contribution < -0.4 is 10.1 Å². The second-order valence-corrected chi connectivity index (χ2v) is 3.65. The van der Waals surface area contributed by atoms with Crippen LogP contribution in [0.25, 0.3) is 0 Å². The van der Waals surface area contributed by atoms with E-state index in [0.29, 0.717) is 11.3 Å². The van der Waals surface area contributed by atoms with Crippen molar-refractivity contribution >= 4 is 11.9 Å². The predicted octanol–water partition coefficient (Wildman–Crippen LogP) is 1.15. The van der Waals surface area contributed by atoms with Crippen molar-refractivity contribution in [2.75, 3.05) is 13.7 Å². The maximum absolute atomic E-state index is 11.8. The SMILES string of the molecule is COc1ccccc1C(=O)NCC(C)C(=O)O. The molecule has 0 bridgehead atoms. The number of ether oxygens (including phenoxy) is 1. The van der Waals surface area contributed by atoms with Gasteiger partial charge < -0.3 is 15.2 Å². The third-order valence-corrected chi connectivity index (χ3v) is 2.34. The minimum Gasteiger partial charge on any atom is -0.496 e. The maximum Gasteiger partial charge on any atom is 0.308 e. The number of methoxy groups -OCH3 is 1. The van der Waals surface area contributed by atoms with Gasteiger partial charge in [0, 0.05) is 6.54 Å². The van der Waals surface area contributed by atoms with Gasteiger partial charge in [-0.25, -0.2) is 0 Å². The van der Waals surface area contributed by atoms with Gasteiger partial charge >= 0.3 is 5.97 Å². The van der Waals surface area contributed by atoms with Crippen LogP contribution in [-0.2, 0) is 4.79 Å². The van der Waals surface area contributed by atoms with Crippen molar-refractivity contribution in [1.82, 2.24) is 5.32 Å². The second kappa shape index (κ2) is 5.89. The van der Waals surface area contributed by atoms with Crippen molar-refractivity contribution in [3.63, 3.8) is 0 Å². The molecule has 0 radical (unpaired) electrons. The lowest BCUT2D eigenvalue weighted by Gasteiger charge is -2.10. The highest BCUT2D eigenvalue weighted by atomic mass is 16.5. The van der Waals surface area contributed by atoms with Gasteiger partial charge in [-0.15, -0.1) is 0 Å². The van der Waals surface area contributed by atoms with Crippen LogP contribution in [-0.4, -0.2) is 30.6 Å². The first-order valence-electron chi connectivity index (χ1n) is 5.20. The minimum absolute atomic E-state index is 0.0895. The van der Waals surface area contributed by atoms with E-state index in [1.807, 2.05) is 0 Å². The molecule has 92 valence electrons. The molecule has 1 aromatic rings. The van der Waals surface area contributed by atoms with Gasteiger partial charge in [0.1, 0.15) is 5.75 Å². The van der Waals surface area contributed by atoms with Gasteiger partial charge in [-0.3, -0.25) is 9.59 Å². The van der Waals surface area contributed by atoms with E-state index < -0.39 is 11.9 Å². The number of aliphatic carboxylic acids is 1. The van der Waals surface area contributed by atoms with E-state index in [2.05, 4.69) is 5.32 Å². The van der Waals surface area contributed by atoms with Crippen LogP contribution in [0, 0.1) is 5.92 Å². The van der Waals surface area contributed by atoms with E-state index in [0.717, 1.165) is 0 Å². The molecule has 0 aliphatic heterocycles. The van der Waals surface area contributed by atoms with Gasteiger partial charge in [0.2, 0.25) is 0 Å². The number of carboxylic acid groups (broad SMARTS) is 1. The number of carboxylic acids is 1. The molecule has 17 heavy (non-hydrogen) atoms. The van der Waals surface area contributed by atoms with Gasteiger partial charge in [-0.1, -0.05) is 19.1 Å². The summed E-state index contributed by atoms with van der Waals surface area (Å²) in [6.45, 7) is 1.62. The van der Waals surface area contributed by atoms with Crippen LogP contribution >= 0.6 is 0 Å². The Hall–Kier alpha value is -2.04. The Kier molecular flexibility index (Phi) is 4.51. The second-order valence-electron chi connectivity index (χ2n) is 3.65. The van der Waals surface area contributed by atoms with E-state index >= 15 is 0 Å². The van der Waals surface area contributed by atoms with Crippen LogP contribution in [0.1, 0.15) is 17.3 Å². The number of hydrogen-bond donors (Lipinski definition) is 2. The number of para-hydroxylation sites is 1. The molecule has 0 aliphatic rings. The molecule has 0 saturated heterocycles. The molecule has 5 heteroatoms. The monoisotopic (exact) mass is 237 g/mol. The fourth-order valence-corrected chi connectivity index (χ4v) is 1.26. The topological polar surface area (TPSA) is 75.6 Å². The zero-order valence-electron chi connectivity index (χ0n) is 9.77. The van der Waals surface area contributed by atoms with Crippen molar-refractivity contribution in [1.29, 1.82) is 0 Å². The molecule has 0 heterocycles. The number of amides is 1. The highest BCUT2D eigenvalue weighted by Gasteiger charge is 2.15. The van der Waals surface area contributed by atoms with Crippen molar-refractivity contribution in [3.8, 4) is 5.75 Å². The molecule has 1 amide bonds. The zero-order valence-corrected chi connectivity index (χ0v) is 9.77. The van der Waals surface area contributed by atoms with E-state index in [1.165, 1.54) is 14.0 Å². The van der Waals surface area contributed by atoms with Crippen LogP contribution in [0.4, 0.5) is 0 Å². The molecule has 0 saturated carbocycles. The molecule has 0 aromatic heterocycles. The quantitative estimate of drug-likeness (QED) is 0.805. The van der Waals surface area contributed by atoms with E-state index in [1.54, 1.807) is 24.3 Å². The molecule has 1 unspecified atom stereocenters. The van der Waals surface area contributed by atoms with Crippen LogP contribution in [0.2, 0.25) is 0 Å². The average molecular weight is 237 g/mol. The number of rotatable bonds is 5. The summed E-state index contributed by atoms with van der Waals surface area (Å²) < 4.78 is 5.04. The third-order valence-electron chi connectivity index (χ3n) is 2.34. The summed E-state index contributed by atoms with van der Waals surface area (Å²) in [4.78, 5) is 22.4. The van der Waals surface area contributed by atoms with Crippen molar-refractivity contribution in [2.45, 2.75) is 6.92 Å². The number of carbonyl (C=O) groups is 2. The standard InChI is InChI=1S/C12H15NO4/c1-8(12(15)16)7-13-11(14)9-5-3-4-6-10(9)17-2/h3-6,8H,7H2,1-2H3,(H,13,14)(H,15,16). The Balaban J connectivity index is 2.67. The summed E-state index contributed by atoms with van der Waals surface area (Å²) in [5.74, 6) is -1.43. The Bertz CT molecular complexity index is 417. The summed E-state index contributed by atoms with van der Waals surface area (Å²) in [5, 5.41) is 11.2. The summed E-state index contributed by atoms with van der Waals surface area (Å²) in [5.41, 5.74) is 0.396. The Morgan fingerprint density at radius 2 is 2.06 bits per heavy atom. The minimum atomic E-state index is -0.940. The Morgan fingerprint density at radius 3 is 2.65 bits per heavy atom. The number of carbonyl (C=O) groups excluding carboxylic acids is 1. The predicted molar refractivity (Wildman–Crippen MR) is 62.1 cm³/mol. The van der Waals surface area contributed by atoms with Crippen molar-refractivity contribution in [2.24, 2.45) is 5.92 Å². The third kappa shape index (κ3) is 3.48. The molecular formula is C12H15NO4. The van der Waals surface area contributed by atoms with Crippen molar-refractivity contribution in [3.05, 3.63) is 29.8 Å². The molecule has 1 rings (SSSR count). The summed E-state index contributed by atoms with van der Waals surface area (Å²) in [6, 6.07) is 6.78. The van der Waals surface area contributed by atoms with Gasteiger partial charge in [0.25, 0.3) is 5.91 Å². The maximum atomic E-state index is 11.8. The smallest absolute Gasteiger partial charge is 0.308 e. The largest absolute Gasteiger partial charge is 0.496 e. The molecule has 0 aliphatic carbocycles. The summed E-state index contributed by atoms with van der Waals surface area (Å²) in [7, 11) is 1.48.